The fourth-order valence-corrected chi connectivity index (χ4v) is 3.75. The van der Waals surface area contributed by atoms with Crippen molar-refractivity contribution in [3.8, 4) is 0 Å². The van der Waals surface area contributed by atoms with E-state index in [1.807, 2.05) is 6.92 Å². The van der Waals surface area contributed by atoms with Crippen molar-refractivity contribution in [3.05, 3.63) is 28.2 Å². The van der Waals surface area contributed by atoms with Crippen molar-refractivity contribution in [2.24, 2.45) is 0 Å². The molecule has 19 heavy (non-hydrogen) atoms. The fraction of sp³-hybridized carbons (Fsp3) is 0.500. The molecule has 0 saturated heterocycles. The van der Waals surface area contributed by atoms with Gasteiger partial charge in [-0.1, -0.05) is 6.07 Å². The van der Waals surface area contributed by atoms with Crippen LogP contribution in [0.5, 0.6) is 0 Å². The minimum Gasteiger partial charge on any atom is -0.380 e. The highest BCUT2D eigenvalue weighted by Gasteiger charge is 2.23. The number of likely N-dealkylation sites (N-methyl/N-ethyl adjacent to an activating group) is 1. The molecule has 0 aliphatic carbocycles. The average molecular weight is 371 g/mol. The van der Waals surface area contributed by atoms with Crippen molar-refractivity contribution in [3.63, 3.8) is 0 Å². The van der Waals surface area contributed by atoms with Crippen LogP contribution >= 0.6 is 27.5 Å². The van der Waals surface area contributed by atoms with Gasteiger partial charge in [-0.25, -0.2) is 8.42 Å². The van der Waals surface area contributed by atoms with Crippen LogP contribution in [0.2, 0.25) is 0 Å². The van der Waals surface area contributed by atoms with Gasteiger partial charge in [0.2, 0.25) is 10.0 Å². The maximum Gasteiger partial charge on any atom is 0.244 e. The van der Waals surface area contributed by atoms with Crippen LogP contribution in [0, 0.1) is 0 Å². The molecular weight excluding hydrogens is 354 g/mol. The molecule has 1 aromatic rings. The van der Waals surface area contributed by atoms with Gasteiger partial charge in [0.25, 0.3) is 0 Å². The summed E-state index contributed by atoms with van der Waals surface area (Å²) in [5.74, 6) is 0.276. The summed E-state index contributed by atoms with van der Waals surface area (Å²) in [6, 6.07) is 5.07. The molecule has 0 aliphatic rings. The fourth-order valence-electron chi connectivity index (χ4n) is 1.45. The Morgan fingerprint density at radius 1 is 1.42 bits per heavy atom. The number of halogens is 2. The van der Waals surface area contributed by atoms with Crippen LogP contribution in [0.4, 0.5) is 0 Å². The summed E-state index contributed by atoms with van der Waals surface area (Å²) in [5, 5.41) is 0. The van der Waals surface area contributed by atoms with E-state index in [0.717, 1.165) is 5.56 Å². The molecule has 0 amide bonds. The lowest BCUT2D eigenvalue weighted by molar-refractivity contribution is 0.138. The lowest BCUT2D eigenvalue weighted by Gasteiger charge is -2.18. The van der Waals surface area contributed by atoms with Crippen LogP contribution in [-0.4, -0.2) is 39.5 Å². The molecule has 1 aromatic carbocycles. The van der Waals surface area contributed by atoms with Gasteiger partial charge in [-0.15, -0.1) is 11.6 Å². The topological polar surface area (TPSA) is 46.6 Å². The first kappa shape index (κ1) is 16.9. The third-order valence-corrected chi connectivity index (χ3v) is 5.75. The molecule has 1 rings (SSSR count). The van der Waals surface area contributed by atoms with Crippen LogP contribution in [0.25, 0.3) is 0 Å². The Hall–Kier alpha value is -0.140. The third kappa shape index (κ3) is 4.43. The second-order valence-corrected chi connectivity index (χ2v) is 7.06. The van der Waals surface area contributed by atoms with Crippen LogP contribution in [0.15, 0.2) is 27.6 Å². The summed E-state index contributed by atoms with van der Waals surface area (Å²) in [7, 11) is -2.00. The summed E-state index contributed by atoms with van der Waals surface area (Å²) in [6.07, 6.45) is 0. The van der Waals surface area contributed by atoms with E-state index in [4.69, 9.17) is 16.3 Å². The number of hydrogen-bond acceptors (Lipinski definition) is 3. The van der Waals surface area contributed by atoms with Gasteiger partial charge < -0.3 is 4.74 Å². The highest BCUT2D eigenvalue weighted by molar-refractivity contribution is 9.10. The summed E-state index contributed by atoms with van der Waals surface area (Å²) >= 11 is 9.00. The van der Waals surface area contributed by atoms with Gasteiger partial charge in [-0.2, -0.15) is 4.31 Å². The van der Waals surface area contributed by atoms with Crippen LogP contribution in [-0.2, 0) is 20.6 Å². The molecule has 7 heteroatoms. The van der Waals surface area contributed by atoms with Gasteiger partial charge in [0.1, 0.15) is 0 Å². The van der Waals surface area contributed by atoms with Crippen molar-refractivity contribution in [1.82, 2.24) is 4.31 Å². The number of hydrogen-bond donors (Lipinski definition) is 0. The molecule has 0 saturated carbocycles. The van der Waals surface area contributed by atoms with E-state index in [2.05, 4.69) is 15.9 Å². The van der Waals surface area contributed by atoms with E-state index in [1.165, 1.54) is 11.4 Å². The first-order chi connectivity index (χ1) is 8.93. The number of nitrogens with zero attached hydrogens (tertiary/aromatic N) is 1. The van der Waals surface area contributed by atoms with Gasteiger partial charge in [0.05, 0.1) is 11.5 Å². The summed E-state index contributed by atoms with van der Waals surface area (Å²) in [5.41, 5.74) is 0.765. The van der Waals surface area contributed by atoms with Crippen molar-refractivity contribution in [2.45, 2.75) is 17.7 Å². The monoisotopic (exact) mass is 369 g/mol. The van der Waals surface area contributed by atoms with Gasteiger partial charge in [0.15, 0.2) is 0 Å². The number of ether oxygens (including phenoxy) is 1. The van der Waals surface area contributed by atoms with Crippen molar-refractivity contribution in [1.29, 1.82) is 0 Å². The molecular formula is C12H17BrClNO3S. The van der Waals surface area contributed by atoms with Crippen LogP contribution in [0.1, 0.15) is 12.5 Å². The van der Waals surface area contributed by atoms with E-state index in [1.54, 1.807) is 18.2 Å². The molecule has 0 spiro atoms. The number of benzene rings is 1. The minimum absolute atomic E-state index is 0.227. The maximum atomic E-state index is 12.4. The Bertz CT molecular complexity index is 522. The van der Waals surface area contributed by atoms with Crippen LogP contribution < -0.4 is 0 Å². The molecule has 0 radical (unpaired) electrons. The second kappa shape index (κ2) is 7.59. The van der Waals surface area contributed by atoms with E-state index in [-0.39, 0.29) is 10.8 Å². The normalized spacial score (nSPS) is 12.1. The molecule has 0 N–H and O–H groups in total. The van der Waals surface area contributed by atoms with Crippen molar-refractivity contribution < 1.29 is 13.2 Å². The lowest BCUT2D eigenvalue weighted by atomic mass is 10.2. The number of alkyl halides is 1. The second-order valence-electron chi connectivity index (χ2n) is 3.92. The quantitative estimate of drug-likeness (QED) is 0.548. The van der Waals surface area contributed by atoms with Gasteiger partial charge >= 0.3 is 0 Å². The van der Waals surface area contributed by atoms with Gasteiger partial charge in [-0.3, -0.25) is 0 Å². The maximum absolute atomic E-state index is 12.4. The highest BCUT2D eigenvalue weighted by Crippen LogP contribution is 2.26. The highest BCUT2D eigenvalue weighted by atomic mass is 79.9. The Labute approximate surface area is 127 Å². The predicted octanol–water partition coefficient (Wildman–Crippen LogP) is 2.84. The molecule has 0 aliphatic heterocycles. The van der Waals surface area contributed by atoms with Crippen molar-refractivity contribution in [2.75, 3.05) is 26.8 Å². The summed E-state index contributed by atoms with van der Waals surface area (Å²) < 4.78 is 31.8. The molecule has 0 bridgehead atoms. The molecule has 0 heterocycles. The zero-order valence-corrected chi connectivity index (χ0v) is 14.1. The number of rotatable bonds is 7. The van der Waals surface area contributed by atoms with Crippen molar-refractivity contribution >= 4 is 37.6 Å². The largest absolute Gasteiger partial charge is 0.380 e. The smallest absolute Gasteiger partial charge is 0.244 e. The number of sulfonamides is 1. The Balaban J connectivity index is 2.99. The van der Waals surface area contributed by atoms with E-state index < -0.39 is 10.0 Å². The van der Waals surface area contributed by atoms with Gasteiger partial charge in [-0.05, 0) is 40.5 Å². The van der Waals surface area contributed by atoms with Gasteiger partial charge in [0, 0.05) is 30.6 Å². The molecule has 108 valence electrons. The Kier molecular flexibility index (Phi) is 6.76. The van der Waals surface area contributed by atoms with E-state index in [9.17, 15) is 8.42 Å². The SMILES string of the molecule is CCOCCN(C)S(=O)(=O)c1cc(CCl)ccc1Br. The average Bonchev–Trinajstić information content (AvgIpc) is 2.39. The first-order valence-electron chi connectivity index (χ1n) is 5.82. The molecule has 0 fully saturated rings. The summed E-state index contributed by atoms with van der Waals surface area (Å²) in [4.78, 5) is 0.227. The van der Waals surface area contributed by atoms with E-state index in [0.29, 0.717) is 24.2 Å². The molecule has 0 aromatic heterocycles. The lowest BCUT2D eigenvalue weighted by Crippen LogP contribution is -2.30. The standard InChI is InChI=1S/C12H17BrClNO3S/c1-3-18-7-6-15(2)19(16,17)12-8-10(9-14)4-5-11(12)13/h4-5,8H,3,6-7,9H2,1-2H3. The first-order valence-corrected chi connectivity index (χ1v) is 8.58. The predicted molar refractivity (Wildman–Crippen MR) is 80.0 cm³/mol. The summed E-state index contributed by atoms with van der Waals surface area (Å²) in [6.45, 7) is 3.13. The van der Waals surface area contributed by atoms with E-state index >= 15 is 0 Å². The Morgan fingerprint density at radius 3 is 2.68 bits per heavy atom. The molecule has 0 atom stereocenters. The minimum atomic E-state index is -3.53. The zero-order chi connectivity index (χ0) is 14.5. The van der Waals surface area contributed by atoms with Crippen LogP contribution in [0.3, 0.4) is 0 Å². The zero-order valence-electron chi connectivity index (χ0n) is 10.9. The molecule has 0 unspecified atom stereocenters. The molecule has 4 nitrogen and oxygen atoms in total. The Morgan fingerprint density at radius 2 is 2.11 bits per heavy atom. The third-order valence-electron chi connectivity index (χ3n) is 2.59.